The lowest BCUT2D eigenvalue weighted by Gasteiger charge is -2.15. The van der Waals surface area contributed by atoms with E-state index in [0.717, 1.165) is 0 Å². The maximum atomic E-state index is 12.5. The van der Waals surface area contributed by atoms with Crippen molar-refractivity contribution in [2.24, 2.45) is 0 Å². The molecule has 4 amide bonds. The summed E-state index contributed by atoms with van der Waals surface area (Å²) in [5.41, 5.74) is 1.90. The Morgan fingerprint density at radius 1 is 0.919 bits per heavy atom. The molecule has 3 rings (SSSR count). The quantitative estimate of drug-likeness (QED) is 0.265. The summed E-state index contributed by atoms with van der Waals surface area (Å²) in [6.45, 7) is -0.254. The number of hydrogen-bond acceptors (Lipinski definition) is 5. The average molecular weight is 544 g/mol. The Labute approximate surface area is 222 Å². The fraction of sp³-hybridized carbons (Fsp3) is 0.160. The molecule has 0 radical (unpaired) electrons. The van der Waals surface area contributed by atoms with Crippen LogP contribution in [0.1, 0.15) is 21.5 Å². The molecule has 0 aliphatic rings. The normalized spacial score (nSPS) is 11.2. The minimum atomic E-state index is -1.21. The van der Waals surface area contributed by atoms with Gasteiger partial charge in [-0.2, -0.15) is 0 Å². The van der Waals surface area contributed by atoms with E-state index in [9.17, 15) is 24.3 Å². The van der Waals surface area contributed by atoms with E-state index in [0.29, 0.717) is 26.9 Å². The summed E-state index contributed by atoms with van der Waals surface area (Å²) in [4.78, 5) is 52.4. The zero-order valence-corrected chi connectivity index (χ0v) is 20.8. The first-order chi connectivity index (χ1) is 17.7. The van der Waals surface area contributed by atoms with E-state index in [-0.39, 0.29) is 18.5 Å². The Balaban J connectivity index is 1.49. The van der Waals surface area contributed by atoms with Crippen LogP contribution in [0.2, 0.25) is 10.0 Å². The first kappa shape index (κ1) is 27.4. The molecular formula is C25H23Cl2N5O5. The van der Waals surface area contributed by atoms with Crippen molar-refractivity contribution in [3.8, 4) is 0 Å². The highest BCUT2D eigenvalue weighted by atomic mass is 35.5. The first-order valence-corrected chi connectivity index (χ1v) is 11.7. The second kappa shape index (κ2) is 13.2. The number of halogens is 2. The van der Waals surface area contributed by atoms with Gasteiger partial charge in [-0.1, -0.05) is 35.3 Å². The number of nitrogens with one attached hydrogen (secondary N) is 4. The summed E-state index contributed by atoms with van der Waals surface area (Å²) in [5, 5.41) is 20.4. The summed E-state index contributed by atoms with van der Waals surface area (Å²) in [6.07, 6.45) is 3.11. The number of hydrogen-bond donors (Lipinski definition) is 5. The van der Waals surface area contributed by atoms with Crippen LogP contribution >= 0.6 is 23.2 Å². The number of aliphatic carboxylic acids is 1. The molecule has 0 saturated heterocycles. The molecule has 1 atom stereocenters. The molecule has 5 N–H and O–H groups in total. The van der Waals surface area contributed by atoms with Crippen molar-refractivity contribution in [1.29, 1.82) is 0 Å². The second-order valence-electron chi connectivity index (χ2n) is 7.87. The lowest BCUT2D eigenvalue weighted by Crippen LogP contribution is -2.46. The molecule has 37 heavy (non-hydrogen) atoms. The summed E-state index contributed by atoms with van der Waals surface area (Å²) in [7, 11) is 0. The molecule has 1 heterocycles. The first-order valence-electron chi connectivity index (χ1n) is 11.0. The molecule has 0 aliphatic carbocycles. The standard InChI is InChI=1S/C25H23Cl2N5O5/c26-18-7-16(8-19(27)11-18)13-30-25(37)31-20-5-1-4-17(10-20)23(34)29-14-22(33)32-21(24(35)36)9-15-3-2-6-28-12-15/h1-8,10-12,21H,9,13-14H2,(H,29,34)(H,32,33)(H,35,36)(H2,30,31,37). The fourth-order valence-corrected chi connectivity index (χ4v) is 3.84. The van der Waals surface area contributed by atoms with Crippen LogP contribution in [0.5, 0.6) is 0 Å². The van der Waals surface area contributed by atoms with Gasteiger partial charge in [-0.25, -0.2) is 9.59 Å². The Bertz CT molecular complexity index is 1270. The zero-order chi connectivity index (χ0) is 26.8. The third-order valence-corrected chi connectivity index (χ3v) is 5.40. The van der Waals surface area contributed by atoms with E-state index in [2.05, 4.69) is 26.3 Å². The van der Waals surface area contributed by atoms with Crippen molar-refractivity contribution >= 4 is 52.7 Å². The van der Waals surface area contributed by atoms with Gasteiger partial charge in [0.25, 0.3) is 5.91 Å². The van der Waals surface area contributed by atoms with Gasteiger partial charge in [0.15, 0.2) is 0 Å². The van der Waals surface area contributed by atoms with E-state index in [1.807, 2.05) is 0 Å². The number of nitrogens with zero attached hydrogens (tertiary/aromatic N) is 1. The number of pyridine rings is 1. The van der Waals surface area contributed by atoms with Gasteiger partial charge in [0.05, 0.1) is 6.54 Å². The van der Waals surface area contributed by atoms with Crippen molar-refractivity contribution in [2.75, 3.05) is 11.9 Å². The predicted octanol–water partition coefficient (Wildman–Crippen LogP) is 3.25. The van der Waals surface area contributed by atoms with Gasteiger partial charge in [-0.3, -0.25) is 14.6 Å². The third-order valence-electron chi connectivity index (χ3n) is 4.96. The van der Waals surface area contributed by atoms with E-state index in [1.165, 1.54) is 18.3 Å². The molecule has 0 saturated carbocycles. The van der Waals surface area contributed by atoms with Gasteiger partial charge in [0, 0.05) is 46.7 Å². The number of aromatic nitrogens is 1. The van der Waals surface area contributed by atoms with E-state index >= 15 is 0 Å². The smallest absolute Gasteiger partial charge is 0.326 e. The van der Waals surface area contributed by atoms with Crippen LogP contribution in [-0.2, 0) is 22.6 Å². The predicted molar refractivity (Wildman–Crippen MR) is 139 cm³/mol. The van der Waals surface area contributed by atoms with Crippen LogP contribution in [0.4, 0.5) is 10.5 Å². The third kappa shape index (κ3) is 9.10. The number of carboxylic acid groups (broad SMARTS) is 1. The van der Waals surface area contributed by atoms with Crippen molar-refractivity contribution in [2.45, 2.75) is 19.0 Å². The van der Waals surface area contributed by atoms with Crippen LogP contribution in [0.15, 0.2) is 67.0 Å². The molecule has 0 spiro atoms. The topological polar surface area (TPSA) is 150 Å². The van der Waals surface area contributed by atoms with Gasteiger partial charge < -0.3 is 26.4 Å². The van der Waals surface area contributed by atoms with Crippen molar-refractivity contribution < 1.29 is 24.3 Å². The van der Waals surface area contributed by atoms with Gasteiger partial charge in [-0.15, -0.1) is 0 Å². The lowest BCUT2D eigenvalue weighted by atomic mass is 10.1. The Morgan fingerprint density at radius 2 is 1.68 bits per heavy atom. The lowest BCUT2D eigenvalue weighted by molar-refractivity contribution is -0.141. The zero-order valence-electron chi connectivity index (χ0n) is 19.3. The molecule has 0 fully saturated rings. The van der Waals surface area contributed by atoms with Gasteiger partial charge >= 0.3 is 12.0 Å². The van der Waals surface area contributed by atoms with Gasteiger partial charge in [-0.05, 0) is 53.6 Å². The number of anilines is 1. The number of carboxylic acids is 1. The average Bonchev–Trinajstić information content (AvgIpc) is 2.86. The summed E-state index contributed by atoms with van der Waals surface area (Å²) in [5.74, 6) is -2.45. The van der Waals surface area contributed by atoms with Crippen molar-refractivity contribution in [1.82, 2.24) is 20.9 Å². The number of carbonyl (C=O) groups excluding carboxylic acids is 3. The summed E-state index contributed by atoms with van der Waals surface area (Å²) >= 11 is 11.9. The number of benzene rings is 2. The molecule has 192 valence electrons. The minimum Gasteiger partial charge on any atom is -0.480 e. The van der Waals surface area contributed by atoms with Gasteiger partial charge in [0.1, 0.15) is 6.04 Å². The Hall–Kier alpha value is -4.15. The van der Waals surface area contributed by atoms with Crippen LogP contribution < -0.4 is 21.3 Å². The van der Waals surface area contributed by atoms with Crippen LogP contribution in [0, 0.1) is 0 Å². The number of carbonyl (C=O) groups is 4. The highest BCUT2D eigenvalue weighted by Gasteiger charge is 2.21. The number of urea groups is 1. The van der Waals surface area contributed by atoms with Crippen LogP contribution in [0.25, 0.3) is 0 Å². The second-order valence-corrected chi connectivity index (χ2v) is 8.75. The molecule has 3 aromatic rings. The van der Waals surface area contributed by atoms with E-state index in [1.54, 1.807) is 48.7 Å². The van der Waals surface area contributed by atoms with E-state index in [4.69, 9.17) is 23.2 Å². The SMILES string of the molecule is O=C(CNC(=O)c1cccc(NC(=O)NCc2cc(Cl)cc(Cl)c2)c1)NC(Cc1cccnc1)C(=O)O. The maximum Gasteiger partial charge on any atom is 0.326 e. The molecule has 1 aromatic heterocycles. The monoisotopic (exact) mass is 543 g/mol. The number of rotatable bonds is 10. The minimum absolute atomic E-state index is 0.0446. The Morgan fingerprint density at radius 3 is 2.35 bits per heavy atom. The summed E-state index contributed by atoms with van der Waals surface area (Å²) < 4.78 is 0. The van der Waals surface area contributed by atoms with Crippen molar-refractivity contribution in [3.05, 3.63) is 93.7 Å². The highest BCUT2D eigenvalue weighted by molar-refractivity contribution is 6.34. The maximum absolute atomic E-state index is 12.5. The van der Waals surface area contributed by atoms with Gasteiger partial charge in [0.2, 0.25) is 5.91 Å². The largest absolute Gasteiger partial charge is 0.480 e. The van der Waals surface area contributed by atoms with E-state index < -0.39 is 36.4 Å². The van der Waals surface area contributed by atoms with Crippen LogP contribution in [0.3, 0.4) is 0 Å². The molecule has 2 aromatic carbocycles. The molecular weight excluding hydrogens is 521 g/mol. The van der Waals surface area contributed by atoms with Crippen LogP contribution in [-0.4, -0.2) is 46.5 Å². The molecule has 10 nitrogen and oxygen atoms in total. The number of amides is 4. The van der Waals surface area contributed by atoms with Crippen molar-refractivity contribution in [3.63, 3.8) is 0 Å². The highest BCUT2D eigenvalue weighted by Crippen LogP contribution is 2.19. The molecule has 12 heteroatoms. The Kier molecular flexibility index (Phi) is 9.82. The summed E-state index contributed by atoms with van der Waals surface area (Å²) in [6, 6.07) is 12.7. The molecule has 0 bridgehead atoms. The fourth-order valence-electron chi connectivity index (χ4n) is 3.27. The molecule has 1 unspecified atom stereocenters. The molecule has 0 aliphatic heterocycles.